The van der Waals surface area contributed by atoms with Gasteiger partial charge in [-0.2, -0.15) is 0 Å². The molecule has 0 spiro atoms. The fraction of sp³-hybridized carbons (Fsp3) is 0.432. The number of aromatic nitrogens is 2. The van der Waals surface area contributed by atoms with Crippen LogP contribution in [-0.2, 0) is 21.4 Å². The number of carbonyl (C=O) groups is 3. The molecule has 0 aliphatic carbocycles. The number of hydrogen-bond acceptors (Lipinski definition) is 7. The predicted octanol–water partition coefficient (Wildman–Crippen LogP) is 8.59. The molecule has 0 unspecified atom stereocenters. The summed E-state index contributed by atoms with van der Waals surface area (Å²) >= 11 is 0. The minimum atomic E-state index is -1.11. The van der Waals surface area contributed by atoms with Crippen molar-refractivity contribution in [1.82, 2.24) is 15.3 Å². The fourth-order valence-corrected chi connectivity index (χ4v) is 6.13. The van der Waals surface area contributed by atoms with Gasteiger partial charge >= 0.3 is 5.97 Å². The monoisotopic (exact) mass is 720 g/mol. The number of ketones is 1. The molecule has 0 aliphatic rings. The maximum atomic E-state index is 13.6. The average Bonchev–Trinajstić information content (AvgIpc) is 3.16. The van der Waals surface area contributed by atoms with Crippen LogP contribution >= 0.6 is 0 Å². The Morgan fingerprint density at radius 2 is 1.43 bits per heavy atom. The van der Waals surface area contributed by atoms with Gasteiger partial charge in [-0.3, -0.25) is 9.59 Å². The smallest absolute Gasteiger partial charge is 0.326 e. The van der Waals surface area contributed by atoms with E-state index in [4.69, 9.17) is 10.5 Å². The summed E-state index contributed by atoms with van der Waals surface area (Å²) in [4.78, 5) is 48.3. The van der Waals surface area contributed by atoms with Gasteiger partial charge in [0.1, 0.15) is 11.8 Å². The summed E-state index contributed by atoms with van der Waals surface area (Å²) in [7, 11) is 0. The van der Waals surface area contributed by atoms with Crippen molar-refractivity contribution >= 4 is 17.7 Å². The molecule has 2 atom stereocenters. The summed E-state index contributed by atoms with van der Waals surface area (Å²) in [5, 5.41) is 12.5. The van der Waals surface area contributed by atoms with E-state index in [2.05, 4.69) is 43.0 Å². The number of hydrogen-bond donors (Lipinski definition) is 3. The highest BCUT2D eigenvalue weighted by Gasteiger charge is 2.28. The maximum absolute atomic E-state index is 13.6. The molecule has 0 saturated carbocycles. The summed E-state index contributed by atoms with van der Waals surface area (Å²) in [6.45, 7) is 9.70. The Morgan fingerprint density at radius 3 is 2.04 bits per heavy atom. The van der Waals surface area contributed by atoms with Gasteiger partial charge in [0.05, 0.1) is 6.61 Å². The molecule has 0 aliphatic heterocycles. The number of amides is 1. The number of Topliss-reactive ketones (excluding diaryl/α,β-unsaturated/α-hetero) is 1. The molecule has 0 bridgehead atoms. The van der Waals surface area contributed by atoms with Crippen molar-refractivity contribution in [2.45, 2.75) is 103 Å². The molecule has 3 aromatic carbocycles. The first-order valence-electron chi connectivity index (χ1n) is 19.0. The molecule has 4 N–H and O–H groups in total. The van der Waals surface area contributed by atoms with Gasteiger partial charge < -0.3 is 20.9 Å². The first-order chi connectivity index (χ1) is 25.5. The van der Waals surface area contributed by atoms with Crippen LogP contribution in [0.1, 0.15) is 107 Å². The molecule has 53 heavy (non-hydrogen) atoms. The number of carboxylic acid groups (broad SMARTS) is 1. The largest absolute Gasteiger partial charge is 0.494 e. The van der Waals surface area contributed by atoms with E-state index < -0.39 is 23.8 Å². The number of ether oxygens (including phenoxy) is 1. The SMILES string of the molecule is CCCCCCCOc1ccc(-c2cnc(-c3ccc(C[C@H](CC(=O)c4ccc(C(C)(C)C)cc4)C(=O)N[C@@H](CCCCN)C(=O)O)cc3)nc2)cc1. The third kappa shape index (κ3) is 12.9. The van der Waals surface area contributed by atoms with Gasteiger partial charge in [0.15, 0.2) is 11.6 Å². The summed E-state index contributed by atoms with van der Waals surface area (Å²) < 4.78 is 5.90. The molecule has 0 fully saturated rings. The predicted molar refractivity (Wildman–Crippen MR) is 211 cm³/mol. The zero-order valence-corrected chi connectivity index (χ0v) is 31.8. The number of unbranched alkanes of at least 4 members (excludes halogenated alkanes) is 5. The Bertz CT molecular complexity index is 1730. The van der Waals surface area contributed by atoms with Crippen LogP contribution in [0.2, 0.25) is 0 Å². The van der Waals surface area contributed by atoms with Gasteiger partial charge in [0, 0.05) is 41.4 Å². The lowest BCUT2D eigenvalue weighted by atomic mass is 9.85. The summed E-state index contributed by atoms with van der Waals surface area (Å²) in [5.74, 6) is -1.10. The van der Waals surface area contributed by atoms with E-state index in [0.29, 0.717) is 30.8 Å². The molecule has 1 heterocycles. The van der Waals surface area contributed by atoms with E-state index in [9.17, 15) is 19.5 Å². The van der Waals surface area contributed by atoms with E-state index in [1.54, 1.807) is 24.5 Å². The number of rotatable bonds is 21. The van der Waals surface area contributed by atoms with E-state index in [1.165, 1.54) is 25.7 Å². The average molecular weight is 721 g/mol. The van der Waals surface area contributed by atoms with Gasteiger partial charge in [-0.05, 0) is 72.9 Å². The molecule has 0 radical (unpaired) electrons. The Kier molecular flexibility index (Phi) is 15.7. The van der Waals surface area contributed by atoms with Crippen LogP contribution < -0.4 is 15.8 Å². The Labute approximate surface area is 314 Å². The molecular weight excluding hydrogens is 665 g/mol. The zero-order chi connectivity index (χ0) is 38.2. The number of nitrogens with two attached hydrogens (primary N) is 1. The lowest BCUT2D eigenvalue weighted by molar-refractivity contribution is -0.142. The Balaban J connectivity index is 1.43. The first-order valence-corrected chi connectivity index (χ1v) is 19.0. The minimum absolute atomic E-state index is 0.0612. The normalized spacial score (nSPS) is 12.5. The van der Waals surface area contributed by atoms with Crippen molar-refractivity contribution in [2.24, 2.45) is 11.7 Å². The van der Waals surface area contributed by atoms with Crippen molar-refractivity contribution in [1.29, 1.82) is 0 Å². The van der Waals surface area contributed by atoms with E-state index >= 15 is 0 Å². The second-order valence-corrected chi connectivity index (χ2v) is 14.8. The molecule has 282 valence electrons. The van der Waals surface area contributed by atoms with Crippen molar-refractivity contribution in [3.8, 4) is 28.3 Å². The van der Waals surface area contributed by atoms with Crippen LogP contribution in [0, 0.1) is 5.92 Å². The second-order valence-electron chi connectivity index (χ2n) is 14.8. The quantitative estimate of drug-likeness (QED) is 0.0574. The van der Waals surface area contributed by atoms with Crippen LogP contribution in [-0.4, -0.2) is 51.9 Å². The van der Waals surface area contributed by atoms with Crippen molar-refractivity contribution in [3.05, 3.63) is 102 Å². The van der Waals surface area contributed by atoms with Crippen molar-refractivity contribution in [2.75, 3.05) is 13.2 Å². The van der Waals surface area contributed by atoms with Crippen LogP contribution in [0.15, 0.2) is 85.2 Å². The minimum Gasteiger partial charge on any atom is -0.494 e. The number of carbonyl (C=O) groups excluding carboxylic acids is 2. The van der Waals surface area contributed by atoms with Gasteiger partial charge in [-0.1, -0.05) is 114 Å². The van der Waals surface area contributed by atoms with Crippen LogP contribution in [0.4, 0.5) is 0 Å². The van der Waals surface area contributed by atoms with E-state index in [-0.39, 0.29) is 30.5 Å². The third-order valence-electron chi connectivity index (χ3n) is 9.49. The van der Waals surface area contributed by atoms with E-state index in [0.717, 1.165) is 46.6 Å². The Morgan fingerprint density at radius 1 is 0.792 bits per heavy atom. The molecule has 9 nitrogen and oxygen atoms in total. The standard InChI is InChI=1S/C44H56N4O5/c1-5-6-7-8-11-26-53-38-23-19-32(20-24-38)36-29-46-41(47-30-36)34-15-13-31(14-16-34)27-35(42(50)48-39(43(51)52)12-9-10-25-45)28-40(49)33-17-21-37(22-18-33)44(2,3)4/h13-24,29-30,35,39H,5-12,25-28,45H2,1-4H3,(H,48,50)(H,51,52)/t35-,39+/m1/s1. The number of benzene rings is 3. The zero-order valence-electron chi connectivity index (χ0n) is 31.8. The van der Waals surface area contributed by atoms with Crippen LogP contribution in [0.3, 0.4) is 0 Å². The van der Waals surface area contributed by atoms with Crippen LogP contribution in [0.5, 0.6) is 5.75 Å². The fourth-order valence-electron chi connectivity index (χ4n) is 6.13. The summed E-state index contributed by atoms with van der Waals surface area (Å²) in [5.41, 5.74) is 10.7. The lowest BCUT2D eigenvalue weighted by Gasteiger charge is -2.21. The maximum Gasteiger partial charge on any atom is 0.326 e. The second kappa shape index (κ2) is 20.4. The molecule has 4 aromatic rings. The summed E-state index contributed by atoms with van der Waals surface area (Å²) in [6, 6.07) is 22.0. The third-order valence-corrected chi connectivity index (χ3v) is 9.49. The highest BCUT2D eigenvalue weighted by molar-refractivity contribution is 5.99. The van der Waals surface area contributed by atoms with Crippen LogP contribution in [0.25, 0.3) is 22.5 Å². The van der Waals surface area contributed by atoms with Crippen molar-refractivity contribution < 1.29 is 24.2 Å². The molecule has 1 amide bonds. The van der Waals surface area contributed by atoms with Crippen molar-refractivity contribution in [3.63, 3.8) is 0 Å². The topological polar surface area (TPSA) is 144 Å². The first kappa shape index (κ1) is 40.9. The molecular formula is C44H56N4O5. The van der Waals surface area contributed by atoms with E-state index in [1.807, 2.05) is 60.7 Å². The molecule has 4 rings (SSSR count). The Hall–Kier alpha value is -4.89. The van der Waals surface area contributed by atoms with Gasteiger partial charge in [-0.25, -0.2) is 14.8 Å². The van der Waals surface area contributed by atoms with Gasteiger partial charge in [-0.15, -0.1) is 0 Å². The lowest BCUT2D eigenvalue weighted by Crippen LogP contribution is -2.44. The highest BCUT2D eigenvalue weighted by atomic mass is 16.5. The number of carboxylic acids is 1. The molecule has 9 heteroatoms. The number of nitrogens with one attached hydrogen (secondary N) is 1. The molecule has 0 saturated heterocycles. The van der Waals surface area contributed by atoms with Gasteiger partial charge in [0.25, 0.3) is 0 Å². The number of aliphatic carboxylic acids is 1. The van der Waals surface area contributed by atoms with Gasteiger partial charge in [0.2, 0.25) is 5.91 Å². The summed E-state index contributed by atoms with van der Waals surface area (Å²) in [6.07, 6.45) is 11.3. The highest BCUT2D eigenvalue weighted by Crippen LogP contribution is 2.26. The molecule has 1 aromatic heterocycles. The number of nitrogens with zero attached hydrogens (tertiary/aromatic N) is 2.